The SMILES string of the molecule is NN(Br)C(=O)c1ccccc1Cl. The molecule has 0 fully saturated rings. The van der Waals surface area contributed by atoms with Gasteiger partial charge in [-0.2, -0.15) is 0 Å². The number of carbonyl (C=O) groups is 1. The van der Waals surface area contributed by atoms with E-state index in [0.29, 0.717) is 10.6 Å². The van der Waals surface area contributed by atoms with Crippen LogP contribution in [-0.2, 0) is 0 Å². The zero-order valence-electron chi connectivity index (χ0n) is 6.00. The average molecular weight is 249 g/mol. The quantitative estimate of drug-likeness (QED) is 0.358. The predicted octanol–water partition coefficient (Wildman–Crippen LogP) is 1.97. The maximum Gasteiger partial charge on any atom is 0.279 e. The fraction of sp³-hybridized carbons (Fsp3) is 0. The summed E-state index contributed by atoms with van der Waals surface area (Å²) in [5.74, 6) is 4.80. The third-order valence-corrected chi connectivity index (χ3v) is 1.95. The van der Waals surface area contributed by atoms with Gasteiger partial charge < -0.3 is 0 Å². The van der Waals surface area contributed by atoms with Gasteiger partial charge in [-0.05, 0) is 12.1 Å². The lowest BCUT2D eigenvalue weighted by atomic mass is 10.2. The second kappa shape index (κ2) is 3.89. The molecule has 0 aromatic heterocycles. The van der Waals surface area contributed by atoms with Crippen molar-refractivity contribution in [2.24, 2.45) is 5.84 Å². The Morgan fingerprint density at radius 3 is 2.58 bits per heavy atom. The monoisotopic (exact) mass is 248 g/mol. The summed E-state index contributed by atoms with van der Waals surface area (Å²) >= 11 is 8.55. The third kappa shape index (κ3) is 1.97. The molecule has 3 nitrogen and oxygen atoms in total. The van der Waals surface area contributed by atoms with Crippen LogP contribution in [0.3, 0.4) is 0 Å². The second-order valence-electron chi connectivity index (χ2n) is 2.10. The Morgan fingerprint density at radius 2 is 2.08 bits per heavy atom. The van der Waals surface area contributed by atoms with Crippen LogP contribution in [0.15, 0.2) is 24.3 Å². The van der Waals surface area contributed by atoms with Crippen LogP contribution in [0.4, 0.5) is 0 Å². The third-order valence-electron chi connectivity index (χ3n) is 1.30. The molecule has 12 heavy (non-hydrogen) atoms. The number of halogens is 2. The smallest absolute Gasteiger partial charge is 0.267 e. The zero-order valence-corrected chi connectivity index (χ0v) is 8.34. The molecule has 1 amide bonds. The highest BCUT2D eigenvalue weighted by molar-refractivity contribution is 9.07. The van der Waals surface area contributed by atoms with E-state index in [0.717, 1.165) is 4.03 Å². The summed E-state index contributed by atoms with van der Waals surface area (Å²) in [6, 6.07) is 6.70. The molecule has 0 spiro atoms. The standard InChI is InChI=1S/C7H6BrClN2O/c8-11(10)7(12)5-3-1-2-4-6(5)9/h1-4H,10H2. The van der Waals surface area contributed by atoms with Gasteiger partial charge in [-0.3, -0.25) is 4.79 Å². The van der Waals surface area contributed by atoms with E-state index >= 15 is 0 Å². The molecule has 2 N–H and O–H groups in total. The molecule has 1 aromatic carbocycles. The van der Waals surface area contributed by atoms with E-state index in [2.05, 4.69) is 16.1 Å². The van der Waals surface area contributed by atoms with Crippen molar-refractivity contribution in [2.45, 2.75) is 0 Å². The first-order valence-electron chi connectivity index (χ1n) is 3.12. The first-order valence-corrected chi connectivity index (χ1v) is 4.21. The van der Waals surface area contributed by atoms with Crippen LogP contribution in [0, 0.1) is 0 Å². The number of rotatable bonds is 1. The number of benzene rings is 1. The maximum atomic E-state index is 11.2. The van der Waals surface area contributed by atoms with E-state index in [4.69, 9.17) is 17.4 Å². The molecule has 0 heterocycles. The van der Waals surface area contributed by atoms with Crippen molar-refractivity contribution in [1.82, 2.24) is 4.03 Å². The molecule has 0 saturated carbocycles. The molecule has 0 aliphatic carbocycles. The van der Waals surface area contributed by atoms with Gasteiger partial charge in [-0.1, -0.05) is 23.7 Å². The Labute approximate surface area is 83.4 Å². The first-order chi connectivity index (χ1) is 5.63. The van der Waals surface area contributed by atoms with Crippen molar-refractivity contribution in [3.63, 3.8) is 0 Å². The highest BCUT2D eigenvalue weighted by Crippen LogP contribution is 2.16. The fourth-order valence-corrected chi connectivity index (χ4v) is 1.16. The van der Waals surface area contributed by atoms with Crippen molar-refractivity contribution in [3.05, 3.63) is 34.9 Å². The van der Waals surface area contributed by atoms with Gasteiger partial charge >= 0.3 is 0 Å². The Hall–Kier alpha value is -0.580. The van der Waals surface area contributed by atoms with Crippen molar-refractivity contribution in [2.75, 3.05) is 0 Å². The zero-order chi connectivity index (χ0) is 9.14. The highest BCUT2D eigenvalue weighted by atomic mass is 79.9. The number of nitrogens with zero attached hydrogens (tertiary/aromatic N) is 1. The Morgan fingerprint density at radius 1 is 1.50 bits per heavy atom. The van der Waals surface area contributed by atoms with Crippen LogP contribution >= 0.6 is 27.7 Å². The van der Waals surface area contributed by atoms with Crippen LogP contribution < -0.4 is 5.84 Å². The van der Waals surface area contributed by atoms with Gasteiger partial charge in [0.2, 0.25) is 0 Å². The molecule has 1 rings (SSSR count). The summed E-state index contributed by atoms with van der Waals surface area (Å²) in [6.45, 7) is 0. The van der Waals surface area contributed by atoms with Gasteiger partial charge in [0.25, 0.3) is 5.91 Å². The number of hydrazine groups is 1. The highest BCUT2D eigenvalue weighted by Gasteiger charge is 2.12. The Bertz CT molecular complexity index is 303. The topological polar surface area (TPSA) is 46.3 Å². The Balaban J connectivity index is 3.03. The summed E-state index contributed by atoms with van der Waals surface area (Å²) in [5, 5.41) is 0.386. The van der Waals surface area contributed by atoms with E-state index in [1.165, 1.54) is 0 Å². The minimum absolute atomic E-state index is 0.374. The number of carbonyl (C=O) groups excluding carboxylic acids is 1. The van der Waals surface area contributed by atoms with Gasteiger partial charge in [0.15, 0.2) is 0 Å². The van der Waals surface area contributed by atoms with Crippen LogP contribution in [0.2, 0.25) is 5.02 Å². The molecule has 0 aliphatic heterocycles. The van der Waals surface area contributed by atoms with E-state index in [9.17, 15) is 4.79 Å². The van der Waals surface area contributed by atoms with Crippen LogP contribution in [0.5, 0.6) is 0 Å². The van der Waals surface area contributed by atoms with E-state index in [1.54, 1.807) is 24.3 Å². The van der Waals surface area contributed by atoms with Gasteiger partial charge in [0.05, 0.1) is 26.7 Å². The minimum atomic E-state index is -0.374. The molecule has 64 valence electrons. The summed E-state index contributed by atoms with van der Waals surface area (Å²) in [5.41, 5.74) is 0.374. The summed E-state index contributed by atoms with van der Waals surface area (Å²) in [6.07, 6.45) is 0. The Kier molecular flexibility index (Phi) is 3.08. The molecular weight excluding hydrogens is 243 g/mol. The first kappa shape index (κ1) is 9.51. The van der Waals surface area contributed by atoms with E-state index in [1.807, 2.05) is 0 Å². The van der Waals surface area contributed by atoms with Crippen molar-refractivity contribution in [3.8, 4) is 0 Å². The van der Waals surface area contributed by atoms with E-state index in [-0.39, 0.29) is 5.91 Å². The average Bonchev–Trinajstić information content (AvgIpc) is 2.04. The largest absolute Gasteiger partial charge is 0.279 e. The van der Waals surface area contributed by atoms with Gasteiger partial charge in [-0.25, -0.2) is 9.88 Å². The lowest BCUT2D eigenvalue weighted by molar-refractivity contribution is 0.0879. The molecule has 0 bridgehead atoms. The lowest BCUT2D eigenvalue weighted by Crippen LogP contribution is -2.27. The predicted molar refractivity (Wildman–Crippen MR) is 50.7 cm³/mol. The van der Waals surface area contributed by atoms with Gasteiger partial charge in [-0.15, -0.1) is 0 Å². The number of amides is 1. The van der Waals surface area contributed by atoms with Gasteiger partial charge in [0, 0.05) is 0 Å². The lowest BCUT2D eigenvalue weighted by Gasteiger charge is -2.07. The van der Waals surface area contributed by atoms with Crippen LogP contribution in [-0.4, -0.2) is 9.94 Å². The number of hydrogen-bond acceptors (Lipinski definition) is 2. The molecule has 0 unspecified atom stereocenters. The van der Waals surface area contributed by atoms with Gasteiger partial charge in [0.1, 0.15) is 0 Å². The molecule has 0 aliphatic rings. The number of nitrogens with two attached hydrogens (primary N) is 1. The number of hydrogen-bond donors (Lipinski definition) is 1. The van der Waals surface area contributed by atoms with E-state index < -0.39 is 0 Å². The van der Waals surface area contributed by atoms with Crippen molar-refractivity contribution in [1.29, 1.82) is 0 Å². The molecule has 0 atom stereocenters. The van der Waals surface area contributed by atoms with Crippen LogP contribution in [0.25, 0.3) is 0 Å². The summed E-state index contributed by atoms with van der Waals surface area (Å²) < 4.78 is 0.814. The minimum Gasteiger partial charge on any atom is -0.267 e. The molecule has 0 saturated heterocycles. The van der Waals surface area contributed by atoms with Crippen molar-refractivity contribution >= 4 is 33.7 Å². The summed E-state index contributed by atoms with van der Waals surface area (Å²) in [7, 11) is 0. The molecular formula is C7H6BrClN2O. The summed E-state index contributed by atoms with van der Waals surface area (Å²) in [4.78, 5) is 11.2. The second-order valence-corrected chi connectivity index (χ2v) is 3.27. The molecule has 5 heteroatoms. The fourth-order valence-electron chi connectivity index (χ4n) is 0.750. The van der Waals surface area contributed by atoms with Crippen molar-refractivity contribution < 1.29 is 4.79 Å². The maximum absolute atomic E-state index is 11.2. The molecule has 0 radical (unpaired) electrons. The molecule has 1 aromatic rings. The normalized spacial score (nSPS) is 9.58. The van der Waals surface area contributed by atoms with Crippen LogP contribution in [0.1, 0.15) is 10.4 Å².